The molecule has 0 fully saturated rings. The van der Waals surface area contributed by atoms with E-state index in [2.05, 4.69) is 0 Å². The molecule has 0 aliphatic carbocycles. The van der Waals surface area contributed by atoms with E-state index in [4.69, 9.17) is 4.74 Å². The highest BCUT2D eigenvalue weighted by Crippen LogP contribution is 2.32. The Morgan fingerprint density at radius 3 is 2.03 bits per heavy atom. The first-order chi connectivity index (χ1) is 14.2. The summed E-state index contributed by atoms with van der Waals surface area (Å²) in [5.74, 6) is -0.396. The average Bonchev–Trinajstić information content (AvgIpc) is 3.09. The average molecular weight is 383 g/mol. The molecule has 4 heteroatoms. The van der Waals surface area contributed by atoms with Crippen molar-refractivity contribution in [1.82, 2.24) is 4.57 Å². The summed E-state index contributed by atoms with van der Waals surface area (Å²) in [6, 6.07) is 26.6. The quantitative estimate of drug-likeness (QED) is 0.349. The number of hydrogen-bond acceptors (Lipinski definition) is 3. The van der Waals surface area contributed by atoms with Gasteiger partial charge in [-0.2, -0.15) is 0 Å². The van der Waals surface area contributed by atoms with E-state index in [0.29, 0.717) is 17.9 Å². The van der Waals surface area contributed by atoms with Crippen LogP contribution in [0.15, 0.2) is 84.9 Å². The molecule has 4 nitrogen and oxygen atoms in total. The largest absolute Gasteiger partial charge is 0.466 e. The summed E-state index contributed by atoms with van der Waals surface area (Å²) in [4.78, 5) is 25.9. The van der Waals surface area contributed by atoms with Crippen LogP contribution in [0.4, 0.5) is 0 Å². The van der Waals surface area contributed by atoms with Crippen molar-refractivity contribution in [3.8, 4) is 5.69 Å². The van der Waals surface area contributed by atoms with Gasteiger partial charge < -0.3 is 9.30 Å². The van der Waals surface area contributed by atoms with Gasteiger partial charge in [0.05, 0.1) is 13.0 Å². The third kappa shape index (κ3) is 3.57. The van der Waals surface area contributed by atoms with E-state index in [0.717, 1.165) is 22.2 Å². The van der Waals surface area contributed by atoms with Crippen LogP contribution < -0.4 is 0 Å². The van der Waals surface area contributed by atoms with E-state index in [1.807, 2.05) is 89.5 Å². The molecule has 0 radical (unpaired) electrons. The topological polar surface area (TPSA) is 48.3 Å². The number of rotatable bonds is 6. The third-order valence-electron chi connectivity index (χ3n) is 4.87. The van der Waals surface area contributed by atoms with Gasteiger partial charge in [-0.15, -0.1) is 0 Å². The maximum atomic E-state index is 13.5. The molecular weight excluding hydrogens is 362 g/mol. The molecule has 3 aromatic carbocycles. The van der Waals surface area contributed by atoms with Crippen molar-refractivity contribution < 1.29 is 14.3 Å². The molecule has 0 spiro atoms. The molecule has 0 amide bonds. The lowest BCUT2D eigenvalue weighted by Crippen LogP contribution is -2.15. The number of fused-ring (bicyclic) bond motifs is 1. The molecule has 0 unspecified atom stereocenters. The number of nitrogens with zero attached hydrogens (tertiary/aromatic N) is 1. The minimum atomic E-state index is -0.313. The smallest absolute Gasteiger partial charge is 0.311 e. The van der Waals surface area contributed by atoms with Gasteiger partial charge in [0.2, 0.25) is 5.78 Å². The van der Waals surface area contributed by atoms with Crippen LogP contribution in [0.5, 0.6) is 0 Å². The van der Waals surface area contributed by atoms with Crippen LogP contribution >= 0.6 is 0 Å². The van der Waals surface area contributed by atoms with E-state index in [1.165, 1.54) is 0 Å². The Bertz CT molecular complexity index is 1160. The number of benzene rings is 3. The van der Waals surface area contributed by atoms with Crippen LogP contribution in [-0.4, -0.2) is 22.9 Å². The van der Waals surface area contributed by atoms with Gasteiger partial charge in [0.1, 0.15) is 5.69 Å². The van der Waals surface area contributed by atoms with Gasteiger partial charge in [-0.25, -0.2) is 0 Å². The third-order valence-corrected chi connectivity index (χ3v) is 4.87. The molecule has 0 aliphatic heterocycles. The Hall–Kier alpha value is -3.66. The van der Waals surface area contributed by atoms with Gasteiger partial charge >= 0.3 is 5.97 Å². The van der Waals surface area contributed by atoms with Gasteiger partial charge in [0, 0.05) is 27.7 Å². The van der Waals surface area contributed by atoms with Crippen molar-refractivity contribution in [3.05, 3.63) is 102 Å². The second-order valence-electron chi connectivity index (χ2n) is 6.69. The summed E-state index contributed by atoms with van der Waals surface area (Å²) >= 11 is 0. The van der Waals surface area contributed by atoms with Gasteiger partial charge in [-0.05, 0) is 19.1 Å². The van der Waals surface area contributed by atoms with E-state index in [1.54, 1.807) is 6.92 Å². The lowest BCUT2D eigenvalue weighted by atomic mass is 10.0. The molecule has 0 atom stereocenters. The molecule has 1 aromatic heterocycles. The molecule has 1 heterocycles. The number of carbonyl (C=O) groups excluding carboxylic acids is 2. The number of aromatic nitrogens is 1. The van der Waals surface area contributed by atoms with E-state index in [9.17, 15) is 9.59 Å². The molecule has 0 bridgehead atoms. The summed E-state index contributed by atoms with van der Waals surface area (Å²) in [5.41, 5.74) is 2.75. The van der Waals surface area contributed by atoms with Crippen molar-refractivity contribution >= 4 is 22.5 Å². The second-order valence-corrected chi connectivity index (χ2v) is 6.69. The molecule has 29 heavy (non-hydrogen) atoms. The molecule has 4 aromatic rings. The predicted octanol–water partition coefficient (Wildman–Crippen LogP) is 4.97. The highest BCUT2D eigenvalue weighted by Gasteiger charge is 2.25. The number of hydrogen-bond donors (Lipinski definition) is 0. The number of para-hydroxylation sites is 1. The fourth-order valence-electron chi connectivity index (χ4n) is 3.65. The van der Waals surface area contributed by atoms with Crippen LogP contribution in [0.25, 0.3) is 16.5 Å². The van der Waals surface area contributed by atoms with Gasteiger partial charge in [-0.1, -0.05) is 72.8 Å². The van der Waals surface area contributed by atoms with Crippen LogP contribution in [0.1, 0.15) is 28.7 Å². The van der Waals surface area contributed by atoms with E-state index < -0.39 is 0 Å². The fraction of sp³-hybridized carbons (Fsp3) is 0.120. The molecule has 144 valence electrons. The van der Waals surface area contributed by atoms with Crippen LogP contribution in [0, 0.1) is 0 Å². The van der Waals surface area contributed by atoms with Crippen molar-refractivity contribution in [2.75, 3.05) is 6.61 Å². The minimum Gasteiger partial charge on any atom is -0.466 e. The zero-order valence-electron chi connectivity index (χ0n) is 16.2. The van der Waals surface area contributed by atoms with Crippen molar-refractivity contribution in [2.24, 2.45) is 0 Å². The zero-order valence-corrected chi connectivity index (χ0v) is 16.2. The standard InChI is InChI=1S/C25H21NO3/c1-2-29-23(27)17-22-20-15-9-10-16-21(20)24(25(28)18-11-5-3-6-12-18)26(22)19-13-7-4-8-14-19/h3-16H,2,17H2,1H3. The van der Waals surface area contributed by atoms with Crippen molar-refractivity contribution in [3.63, 3.8) is 0 Å². The SMILES string of the molecule is CCOC(=O)Cc1c2ccccc2c(C(=O)c2ccccc2)n1-c1ccccc1. The molecule has 0 aliphatic rings. The van der Waals surface area contributed by atoms with Crippen molar-refractivity contribution in [1.29, 1.82) is 0 Å². The molecular formula is C25H21NO3. The molecule has 4 rings (SSSR count). The molecule has 0 N–H and O–H groups in total. The molecule has 0 saturated carbocycles. The van der Waals surface area contributed by atoms with Gasteiger partial charge in [-0.3, -0.25) is 9.59 Å². The van der Waals surface area contributed by atoms with E-state index in [-0.39, 0.29) is 18.2 Å². The monoisotopic (exact) mass is 383 g/mol. The lowest BCUT2D eigenvalue weighted by molar-refractivity contribution is -0.142. The lowest BCUT2D eigenvalue weighted by Gasteiger charge is -2.13. The summed E-state index contributed by atoms with van der Waals surface area (Å²) < 4.78 is 7.10. The Kier molecular flexibility index (Phi) is 5.25. The minimum absolute atomic E-state index is 0.0826. The normalized spacial score (nSPS) is 10.8. The fourth-order valence-corrected chi connectivity index (χ4v) is 3.65. The Labute approximate surface area is 169 Å². The molecule has 0 saturated heterocycles. The number of ketones is 1. The highest BCUT2D eigenvalue weighted by molar-refractivity contribution is 6.17. The number of ether oxygens (including phenoxy) is 1. The van der Waals surface area contributed by atoms with Crippen LogP contribution in [0.2, 0.25) is 0 Å². The maximum Gasteiger partial charge on any atom is 0.311 e. The number of carbonyl (C=O) groups is 2. The van der Waals surface area contributed by atoms with Crippen LogP contribution in [-0.2, 0) is 16.0 Å². The first kappa shape index (κ1) is 18.7. The Morgan fingerprint density at radius 1 is 0.793 bits per heavy atom. The summed E-state index contributed by atoms with van der Waals surface area (Å²) in [6.07, 6.45) is 0.0886. The summed E-state index contributed by atoms with van der Waals surface area (Å²) in [7, 11) is 0. The van der Waals surface area contributed by atoms with E-state index >= 15 is 0 Å². The van der Waals surface area contributed by atoms with Crippen LogP contribution in [0.3, 0.4) is 0 Å². The number of esters is 1. The van der Waals surface area contributed by atoms with Crippen molar-refractivity contribution in [2.45, 2.75) is 13.3 Å². The maximum absolute atomic E-state index is 13.5. The van der Waals surface area contributed by atoms with Gasteiger partial charge in [0.25, 0.3) is 0 Å². The second kappa shape index (κ2) is 8.15. The Balaban J connectivity index is 2.01. The first-order valence-electron chi connectivity index (χ1n) is 9.63. The highest BCUT2D eigenvalue weighted by atomic mass is 16.5. The Morgan fingerprint density at radius 2 is 1.38 bits per heavy atom. The predicted molar refractivity (Wildman–Crippen MR) is 113 cm³/mol. The van der Waals surface area contributed by atoms with Gasteiger partial charge in [0.15, 0.2) is 0 Å². The summed E-state index contributed by atoms with van der Waals surface area (Å²) in [5, 5.41) is 1.70. The summed E-state index contributed by atoms with van der Waals surface area (Å²) in [6.45, 7) is 2.11. The zero-order chi connectivity index (χ0) is 20.2. The first-order valence-corrected chi connectivity index (χ1v) is 9.63.